The highest BCUT2D eigenvalue weighted by molar-refractivity contribution is 9.10. The van der Waals surface area contributed by atoms with Gasteiger partial charge in [-0.3, -0.25) is 0 Å². The van der Waals surface area contributed by atoms with Crippen LogP contribution in [0.15, 0.2) is 34.9 Å². The summed E-state index contributed by atoms with van der Waals surface area (Å²) >= 11 is 3.30. The molecule has 0 saturated heterocycles. The lowest BCUT2D eigenvalue weighted by atomic mass is 10.2. The van der Waals surface area contributed by atoms with E-state index < -0.39 is 6.36 Å². The van der Waals surface area contributed by atoms with Crippen molar-refractivity contribution in [2.24, 2.45) is 0 Å². The molecule has 0 unspecified atom stereocenters. The van der Waals surface area contributed by atoms with E-state index in [1.807, 2.05) is 13.0 Å². The SMILES string of the molecule is CCCc1cc(Br)nn1-c1ccc(OC(F)(F)F)cc1. The highest BCUT2D eigenvalue weighted by Gasteiger charge is 2.31. The molecule has 0 spiro atoms. The van der Waals surface area contributed by atoms with Gasteiger partial charge < -0.3 is 4.74 Å². The molecule has 2 aromatic rings. The fraction of sp³-hybridized carbons (Fsp3) is 0.308. The van der Waals surface area contributed by atoms with Crippen molar-refractivity contribution in [3.8, 4) is 11.4 Å². The number of halogens is 4. The minimum Gasteiger partial charge on any atom is -0.406 e. The van der Waals surface area contributed by atoms with Gasteiger partial charge in [-0.25, -0.2) is 4.68 Å². The summed E-state index contributed by atoms with van der Waals surface area (Å²) in [6.45, 7) is 2.05. The zero-order valence-corrected chi connectivity index (χ0v) is 12.2. The van der Waals surface area contributed by atoms with Crippen LogP contribution in [0.2, 0.25) is 0 Å². The quantitative estimate of drug-likeness (QED) is 0.814. The molecular formula is C13H12BrF3N2O. The number of aromatic nitrogens is 2. The van der Waals surface area contributed by atoms with Gasteiger partial charge in [-0.05, 0) is 52.7 Å². The van der Waals surface area contributed by atoms with Crippen molar-refractivity contribution in [2.75, 3.05) is 0 Å². The summed E-state index contributed by atoms with van der Waals surface area (Å²) in [4.78, 5) is 0. The second kappa shape index (κ2) is 5.87. The van der Waals surface area contributed by atoms with Gasteiger partial charge in [0.25, 0.3) is 0 Å². The van der Waals surface area contributed by atoms with Crippen LogP contribution in [0.1, 0.15) is 19.0 Å². The van der Waals surface area contributed by atoms with Crippen LogP contribution in [0, 0.1) is 0 Å². The van der Waals surface area contributed by atoms with Crippen LogP contribution in [0.25, 0.3) is 5.69 Å². The first kappa shape index (κ1) is 14.9. The molecule has 20 heavy (non-hydrogen) atoms. The number of alkyl halides is 3. The van der Waals surface area contributed by atoms with E-state index in [-0.39, 0.29) is 5.75 Å². The zero-order valence-electron chi connectivity index (χ0n) is 10.6. The summed E-state index contributed by atoms with van der Waals surface area (Å²) in [5.74, 6) is -0.246. The lowest BCUT2D eigenvalue weighted by molar-refractivity contribution is -0.274. The van der Waals surface area contributed by atoms with Gasteiger partial charge in [0.05, 0.1) is 5.69 Å². The lowest BCUT2D eigenvalue weighted by Crippen LogP contribution is -2.17. The van der Waals surface area contributed by atoms with Gasteiger partial charge in [-0.15, -0.1) is 13.2 Å². The molecule has 0 fully saturated rings. The van der Waals surface area contributed by atoms with Gasteiger partial charge >= 0.3 is 6.36 Å². The smallest absolute Gasteiger partial charge is 0.406 e. The van der Waals surface area contributed by atoms with E-state index in [2.05, 4.69) is 25.8 Å². The van der Waals surface area contributed by atoms with Crippen molar-refractivity contribution in [3.63, 3.8) is 0 Å². The number of hydrogen-bond donors (Lipinski definition) is 0. The summed E-state index contributed by atoms with van der Waals surface area (Å²) in [5, 5.41) is 4.27. The van der Waals surface area contributed by atoms with Gasteiger partial charge in [0.1, 0.15) is 10.4 Å². The monoisotopic (exact) mass is 348 g/mol. The van der Waals surface area contributed by atoms with E-state index >= 15 is 0 Å². The third-order valence-electron chi connectivity index (χ3n) is 2.57. The zero-order chi connectivity index (χ0) is 14.8. The molecule has 0 atom stereocenters. The van der Waals surface area contributed by atoms with Crippen LogP contribution in [-0.4, -0.2) is 16.1 Å². The fourth-order valence-corrected chi connectivity index (χ4v) is 2.26. The average Bonchev–Trinajstić information content (AvgIpc) is 2.70. The molecule has 0 bridgehead atoms. The van der Waals surface area contributed by atoms with Crippen LogP contribution in [0.5, 0.6) is 5.75 Å². The minimum atomic E-state index is -4.68. The first-order chi connectivity index (χ1) is 9.39. The first-order valence-corrected chi connectivity index (χ1v) is 6.79. The molecule has 0 radical (unpaired) electrons. The van der Waals surface area contributed by atoms with E-state index in [1.165, 1.54) is 12.1 Å². The van der Waals surface area contributed by atoms with Crippen LogP contribution in [-0.2, 0) is 6.42 Å². The average molecular weight is 349 g/mol. The van der Waals surface area contributed by atoms with Crippen LogP contribution < -0.4 is 4.74 Å². The molecule has 0 saturated carbocycles. The maximum absolute atomic E-state index is 12.1. The molecule has 1 aromatic carbocycles. The number of rotatable bonds is 4. The van der Waals surface area contributed by atoms with Gasteiger partial charge in [0, 0.05) is 5.69 Å². The van der Waals surface area contributed by atoms with Crippen molar-refractivity contribution in [2.45, 2.75) is 26.1 Å². The van der Waals surface area contributed by atoms with E-state index in [0.717, 1.165) is 18.5 Å². The Balaban J connectivity index is 2.26. The third-order valence-corrected chi connectivity index (χ3v) is 2.96. The Hall–Kier alpha value is -1.50. The highest BCUT2D eigenvalue weighted by Crippen LogP contribution is 2.24. The minimum absolute atomic E-state index is 0.246. The topological polar surface area (TPSA) is 27.1 Å². The molecule has 2 rings (SSSR count). The maximum atomic E-state index is 12.1. The Kier molecular flexibility index (Phi) is 4.37. The number of ether oxygens (including phenoxy) is 1. The molecule has 0 aliphatic rings. The molecule has 108 valence electrons. The third kappa shape index (κ3) is 3.75. The summed E-state index contributed by atoms with van der Waals surface area (Å²) in [5.41, 5.74) is 1.68. The Labute approximate surface area is 122 Å². The molecule has 0 amide bonds. The van der Waals surface area contributed by atoms with Crippen LogP contribution in [0.3, 0.4) is 0 Å². The molecule has 1 heterocycles. The molecule has 0 aliphatic carbocycles. The van der Waals surface area contributed by atoms with E-state index in [1.54, 1.807) is 16.8 Å². The Morgan fingerprint density at radius 1 is 1.25 bits per heavy atom. The molecule has 1 aromatic heterocycles. The summed E-state index contributed by atoms with van der Waals surface area (Å²) in [7, 11) is 0. The van der Waals surface area contributed by atoms with E-state index in [9.17, 15) is 13.2 Å². The predicted molar refractivity (Wildman–Crippen MR) is 71.9 cm³/mol. The molecule has 0 aliphatic heterocycles. The molecule has 7 heteroatoms. The molecule has 3 nitrogen and oxygen atoms in total. The van der Waals surface area contributed by atoms with E-state index in [0.29, 0.717) is 10.3 Å². The Bertz CT molecular complexity index is 578. The van der Waals surface area contributed by atoms with E-state index in [4.69, 9.17) is 0 Å². The van der Waals surface area contributed by atoms with Crippen molar-refractivity contribution < 1.29 is 17.9 Å². The van der Waals surface area contributed by atoms with Gasteiger partial charge in [-0.1, -0.05) is 13.3 Å². The van der Waals surface area contributed by atoms with Crippen molar-refractivity contribution in [1.82, 2.24) is 9.78 Å². The summed E-state index contributed by atoms with van der Waals surface area (Å²) in [6.07, 6.45) is -2.89. The largest absolute Gasteiger partial charge is 0.573 e. The Morgan fingerprint density at radius 2 is 1.90 bits per heavy atom. The van der Waals surface area contributed by atoms with Gasteiger partial charge in [0.15, 0.2) is 0 Å². The molecular weight excluding hydrogens is 337 g/mol. The van der Waals surface area contributed by atoms with Crippen molar-refractivity contribution >= 4 is 15.9 Å². The second-order valence-electron chi connectivity index (χ2n) is 4.16. The second-order valence-corrected chi connectivity index (χ2v) is 4.97. The van der Waals surface area contributed by atoms with Crippen LogP contribution in [0.4, 0.5) is 13.2 Å². The maximum Gasteiger partial charge on any atom is 0.573 e. The number of nitrogens with zero attached hydrogens (tertiary/aromatic N) is 2. The summed E-state index contributed by atoms with van der Waals surface area (Å²) < 4.78 is 42.5. The lowest BCUT2D eigenvalue weighted by Gasteiger charge is -2.10. The van der Waals surface area contributed by atoms with Crippen molar-refractivity contribution in [1.29, 1.82) is 0 Å². The van der Waals surface area contributed by atoms with Gasteiger partial charge in [0.2, 0.25) is 0 Å². The molecule has 0 N–H and O–H groups in total. The highest BCUT2D eigenvalue weighted by atomic mass is 79.9. The van der Waals surface area contributed by atoms with Gasteiger partial charge in [-0.2, -0.15) is 5.10 Å². The number of hydrogen-bond acceptors (Lipinski definition) is 2. The fourth-order valence-electron chi connectivity index (χ4n) is 1.83. The number of benzene rings is 1. The normalized spacial score (nSPS) is 11.7. The van der Waals surface area contributed by atoms with Crippen molar-refractivity contribution in [3.05, 3.63) is 40.6 Å². The summed E-state index contributed by atoms with van der Waals surface area (Å²) in [6, 6.07) is 7.52. The van der Waals surface area contributed by atoms with Crippen LogP contribution >= 0.6 is 15.9 Å². The standard InChI is InChI=1S/C13H12BrF3N2O/c1-2-3-10-8-12(14)18-19(10)9-4-6-11(7-5-9)20-13(15,16)17/h4-8H,2-3H2,1H3. The first-order valence-electron chi connectivity index (χ1n) is 5.99. The predicted octanol–water partition coefficient (Wildman–Crippen LogP) is 4.49. The Morgan fingerprint density at radius 3 is 2.45 bits per heavy atom. The number of aryl methyl sites for hydroxylation is 1.